The number of cyclic esters (lactones) is 1. The van der Waals surface area contributed by atoms with Gasteiger partial charge in [-0.25, -0.2) is 9.79 Å². The molecule has 2 aromatic rings. The number of aryl methyl sites for hydroxylation is 1. The summed E-state index contributed by atoms with van der Waals surface area (Å²) in [5.74, 6) is 0.717. The van der Waals surface area contributed by atoms with E-state index < -0.39 is 5.97 Å². The highest BCUT2D eigenvalue weighted by Gasteiger charge is 2.24. The van der Waals surface area contributed by atoms with Crippen LogP contribution >= 0.6 is 11.3 Å². The Labute approximate surface area is 126 Å². The zero-order valence-corrected chi connectivity index (χ0v) is 12.4. The van der Waals surface area contributed by atoms with E-state index in [0.717, 1.165) is 21.1 Å². The lowest BCUT2D eigenvalue weighted by Gasteiger charge is -1.99. The van der Waals surface area contributed by atoms with Crippen LogP contribution in [0.25, 0.3) is 6.08 Å². The summed E-state index contributed by atoms with van der Waals surface area (Å²) < 4.78 is 10.3. The maximum Gasteiger partial charge on any atom is 0.363 e. The number of rotatable bonds is 3. The summed E-state index contributed by atoms with van der Waals surface area (Å²) in [6.45, 7) is 2.00. The number of benzene rings is 1. The van der Waals surface area contributed by atoms with Crippen molar-refractivity contribution in [2.45, 2.75) is 6.92 Å². The van der Waals surface area contributed by atoms with Crippen LogP contribution in [-0.2, 0) is 9.53 Å². The van der Waals surface area contributed by atoms with Gasteiger partial charge in [-0.3, -0.25) is 0 Å². The van der Waals surface area contributed by atoms with Crippen molar-refractivity contribution >= 4 is 29.3 Å². The molecular formula is C16H13NO3S. The fraction of sp³-hybridized carbons (Fsp3) is 0.125. The van der Waals surface area contributed by atoms with E-state index in [2.05, 4.69) is 4.99 Å². The third-order valence-electron chi connectivity index (χ3n) is 2.99. The van der Waals surface area contributed by atoms with E-state index in [4.69, 9.17) is 9.47 Å². The van der Waals surface area contributed by atoms with Gasteiger partial charge in [0.05, 0.1) is 12.0 Å². The molecule has 2 heterocycles. The summed E-state index contributed by atoms with van der Waals surface area (Å²) in [5.41, 5.74) is 1.18. The molecule has 0 saturated heterocycles. The first kappa shape index (κ1) is 13.6. The number of hydrogen-bond acceptors (Lipinski definition) is 5. The quantitative estimate of drug-likeness (QED) is 0.644. The molecule has 5 heteroatoms. The van der Waals surface area contributed by atoms with Crippen molar-refractivity contribution in [1.29, 1.82) is 0 Å². The molecule has 3 rings (SSSR count). The lowest BCUT2D eigenvalue weighted by Crippen LogP contribution is -2.03. The number of carbonyl (C=O) groups excluding carboxylic acids is 1. The highest BCUT2D eigenvalue weighted by Crippen LogP contribution is 2.24. The molecule has 4 nitrogen and oxygen atoms in total. The van der Waals surface area contributed by atoms with Gasteiger partial charge < -0.3 is 9.47 Å². The standard InChI is InChI=1S/C16H13NO3S/c1-10-3-8-14(21-10)15-17-13(16(18)20-15)9-11-4-6-12(19-2)7-5-11/h3-9H,1-2H3/b13-9-. The van der Waals surface area contributed by atoms with Crippen molar-refractivity contribution in [3.8, 4) is 5.75 Å². The lowest BCUT2D eigenvalue weighted by atomic mass is 10.2. The summed E-state index contributed by atoms with van der Waals surface area (Å²) in [5, 5.41) is 0. The summed E-state index contributed by atoms with van der Waals surface area (Å²) in [6.07, 6.45) is 1.70. The summed E-state index contributed by atoms with van der Waals surface area (Å²) in [4.78, 5) is 18.2. The number of carbonyl (C=O) groups is 1. The van der Waals surface area contributed by atoms with Crippen LogP contribution in [0.3, 0.4) is 0 Å². The molecule has 1 aliphatic rings. The van der Waals surface area contributed by atoms with Crippen molar-refractivity contribution in [3.63, 3.8) is 0 Å². The van der Waals surface area contributed by atoms with Gasteiger partial charge in [0.1, 0.15) is 5.75 Å². The largest absolute Gasteiger partial charge is 0.497 e. The van der Waals surface area contributed by atoms with Crippen LogP contribution in [0, 0.1) is 6.92 Å². The van der Waals surface area contributed by atoms with Crippen LogP contribution in [-0.4, -0.2) is 19.0 Å². The maximum absolute atomic E-state index is 11.9. The van der Waals surface area contributed by atoms with Crippen LogP contribution in [0.5, 0.6) is 5.75 Å². The second-order valence-electron chi connectivity index (χ2n) is 4.52. The van der Waals surface area contributed by atoms with Gasteiger partial charge in [-0.2, -0.15) is 0 Å². The number of thiophene rings is 1. The van der Waals surface area contributed by atoms with Gasteiger partial charge in [0.15, 0.2) is 5.70 Å². The Hall–Kier alpha value is -2.40. The van der Waals surface area contributed by atoms with E-state index in [1.165, 1.54) is 0 Å². The fourth-order valence-corrected chi connectivity index (χ4v) is 2.72. The second-order valence-corrected chi connectivity index (χ2v) is 5.81. The molecule has 0 spiro atoms. The normalized spacial score (nSPS) is 16.0. The SMILES string of the molecule is COc1ccc(/C=C2\N=C(c3ccc(C)s3)OC2=O)cc1. The minimum atomic E-state index is -0.424. The summed E-state index contributed by atoms with van der Waals surface area (Å²) in [6, 6.07) is 11.3. The molecule has 1 aromatic heterocycles. The first-order valence-electron chi connectivity index (χ1n) is 6.39. The van der Waals surface area contributed by atoms with Crippen LogP contribution in [0.2, 0.25) is 0 Å². The van der Waals surface area contributed by atoms with Crippen LogP contribution in [0.15, 0.2) is 47.1 Å². The Morgan fingerprint density at radius 1 is 1.19 bits per heavy atom. The van der Waals surface area contributed by atoms with Crippen LogP contribution in [0.1, 0.15) is 15.3 Å². The third-order valence-corrected chi connectivity index (χ3v) is 3.98. The lowest BCUT2D eigenvalue weighted by molar-refractivity contribution is -0.129. The van der Waals surface area contributed by atoms with E-state index in [1.54, 1.807) is 24.5 Å². The molecule has 0 unspecified atom stereocenters. The molecule has 0 amide bonds. The molecule has 1 aliphatic heterocycles. The zero-order valence-electron chi connectivity index (χ0n) is 11.6. The molecule has 0 bridgehead atoms. The molecular weight excluding hydrogens is 286 g/mol. The number of ether oxygens (including phenoxy) is 2. The van der Waals surface area contributed by atoms with Crippen LogP contribution < -0.4 is 4.74 Å². The molecule has 21 heavy (non-hydrogen) atoms. The Bertz CT molecular complexity index is 741. The highest BCUT2D eigenvalue weighted by atomic mass is 32.1. The summed E-state index contributed by atoms with van der Waals surface area (Å²) in [7, 11) is 1.61. The Morgan fingerprint density at radius 3 is 2.57 bits per heavy atom. The van der Waals surface area contributed by atoms with E-state index in [9.17, 15) is 4.79 Å². The average Bonchev–Trinajstić information content (AvgIpc) is 3.07. The average molecular weight is 299 g/mol. The van der Waals surface area contributed by atoms with Gasteiger partial charge in [-0.05, 0) is 42.8 Å². The fourth-order valence-electron chi connectivity index (χ4n) is 1.92. The van der Waals surface area contributed by atoms with Crippen molar-refractivity contribution in [2.75, 3.05) is 7.11 Å². The first-order valence-corrected chi connectivity index (χ1v) is 7.21. The van der Waals surface area contributed by atoms with Crippen molar-refractivity contribution < 1.29 is 14.3 Å². The molecule has 0 saturated carbocycles. The molecule has 106 valence electrons. The first-order chi connectivity index (χ1) is 10.2. The molecule has 1 aromatic carbocycles. The zero-order chi connectivity index (χ0) is 14.8. The van der Waals surface area contributed by atoms with Gasteiger partial charge >= 0.3 is 5.97 Å². The predicted molar refractivity (Wildman–Crippen MR) is 82.7 cm³/mol. The molecule has 0 aliphatic carbocycles. The maximum atomic E-state index is 11.9. The van der Waals surface area contributed by atoms with E-state index >= 15 is 0 Å². The topological polar surface area (TPSA) is 47.9 Å². The van der Waals surface area contributed by atoms with Gasteiger partial charge in [0.25, 0.3) is 0 Å². The Morgan fingerprint density at radius 2 is 1.95 bits per heavy atom. The van der Waals surface area contributed by atoms with Gasteiger partial charge in [0, 0.05) is 4.88 Å². The monoisotopic (exact) mass is 299 g/mol. The van der Waals surface area contributed by atoms with Gasteiger partial charge in [0.2, 0.25) is 5.90 Å². The van der Waals surface area contributed by atoms with Gasteiger partial charge in [-0.1, -0.05) is 12.1 Å². The third kappa shape index (κ3) is 2.87. The number of methoxy groups -OCH3 is 1. The molecule has 0 atom stereocenters. The second kappa shape index (κ2) is 5.54. The highest BCUT2D eigenvalue weighted by molar-refractivity contribution is 7.14. The Balaban J connectivity index is 1.88. The molecule has 0 fully saturated rings. The number of esters is 1. The smallest absolute Gasteiger partial charge is 0.363 e. The van der Waals surface area contributed by atoms with Crippen molar-refractivity contribution in [3.05, 3.63) is 57.4 Å². The van der Waals surface area contributed by atoms with Crippen LogP contribution in [0.4, 0.5) is 0 Å². The minimum Gasteiger partial charge on any atom is -0.497 e. The minimum absolute atomic E-state index is 0.307. The number of nitrogens with zero attached hydrogens (tertiary/aromatic N) is 1. The Kier molecular flexibility index (Phi) is 3.58. The predicted octanol–water partition coefficient (Wildman–Crippen LogP) is 3.41. The van der Waals surface area contributed by atoms with E-state index in [1.807, 2.05) is 43.3 Å². The van der Waals surface area contributed by atoms with E-state index in [-0.39, 0.29) is 0 Å². The summed E-state index contributed by atoms with van der Waals surface area (Å²) >= 11 is 1.55. The number of aliphatic imine (C=N–C) groups is 1. The molecule has 0 N–H and O–H groups in total. The molecule has 0 radical (unpaired) electrons. The van der Waals surface area contributed by atoms with Crippen molar-refractivity contribution in [2.24, 2.45) is 4.99 Å². The van der Waals surface area contributed by atoms with E-state index in [0.29, 0.717) is 11.6 Å². The number of hydrogen-bond donors (Lipinski definition) is 0. The van der Waals surface area contributed by atoms with Crippen molar-refractivity contribution in [1.82, 2.24) is 0 Å². The van der Waals surface area contributed by atoms with Gasteiger partial charge in [-0.15, -0.1) is 11.3 Å².